The molecule has 6 nitrogen and oxygen atoms in total. The number of fused-ring (bicyclic) bond motifs is 3. The van der Waals surface area contributed by atoms with E-state index in [9.17, 15) is 9.18 Å². The number of nitrogens with zero attached hydrogens (tertiary/aromatic N) is 5. The first-order valence-electron chi connectivity index (χ1n) is 11.0. The molecule has 0 N–H and O–H groups in total. The molecule has 7 heteroatoms. The first-order chi connectivity index (χ1) is 15.0. The SMILES string of the molecule is CCc1nn2c(nnc3c(=O)n(C4CCCC(C)C4C)ccc32)c1-c1ccc(F)cc1. The van der Waals surface area contributed by atoms with Crippen LogP contribution in [0.1, 0.15) is 51.8 Å². The summed E-state index contributed by atoms with van der Waals surface area (Å²) in [5, 5.41) is 13.5. The number of halogens is 1. The summed E-state index contributed by atoms with van der Waals surface area (Å²) in [6.45, 7) is 6.51. The smallest absolute Gasteiger partial charge is 0.280 e. The van der Waals surface area contributed by atoms with Gasteiger partial charge in [-0.2, -0.15) is 5.10 Å². The number of hydrogen-bond acceptors (Lipinski definition) is 4. The molecule has 0 saturated heterocycles. The molecule has 3 heterocycles. The molecule has 0 bridgehead atoms. The van der Waals surface area contributed by atoms with E-state index in [1.165, 1.54) is 18.6 Å². The maximum Gasteiger partial charge on any atom is 0.280 e. The first kappa shape index (κ1) is 19.8. The van der Waals surface area contributed by atoms with Crippen molar-refractivity contribution in [3.63, 3.8) is 0 Å². The average molecular weight is 420 g/mol. The number of pyridine rings is 1. The standard InChI is InChI=1S/C24H26FN5O/c1-4-18-21(16-8-10-17(25)11-9-16)23-27-26-22-20(30(23)28-18)12-13-29(24(22)31)19-7-5-6-14(2)15(19)3/h8-15,19H,4-7H2,1-3H3. The molecule has 0 radical (unpaired) electrons. The number of benzene rings is 1. The Morgan fingerprint density at radius 3 is 2.61 bits per heavy atom. The van der Waals surface area contributed by atoms with Gasteiger partial charge in [0.15, 0.2) is 11.2 Å². The second-order valence-corrected chi connectivity index (χ2v) is 8.71. The molecular formula is C24H26FN5O. The summed E-state index contributed by atoms with van der Waals surface area (Å²) >= 11 is 0. The number of rotatable bonds is 3. The van der Waals surface area contributed by atoms with Crippen LogP contribution in [0.4, 0.5) is 4.39 Å². The summed E-state index contributed by atoms with van der Waals surface area (Å²) in [5.74, 6) is 0.732. The third-order valence-electron chi connectivity index (χ3n) is 6.97. The van der Waals surface area contributed by atoms with E-state index >= 15 is 0 Å². The Morgan fingerprint density at radius 1 is 1.10 bits per heavy atom. The van der Waals surface area contributed by atoms with Crippen LogP contribution in [0.15, 0.2) is 41.3 Å². The summed E-state index contributed by atoms with van der Waals surface area (Å²) in [6, 6.07) is 8.40. The van der Waals surface area contributed by atoms with E-state index in [2.05, 4.69) is 24.0 Å². The van der Waals surface area contributed by atoms with Gasteiger partial charge in [0, 0.05) is 12.2 Å². The summed E-state index contributed by atoms with van der Waals surface area (Å²) in [5.41, 5.74) is 3.94. The zero-order valence-electron chi connectivity index (χ0n) is 18.0. The van der Waals surface area contributed by atoms with Gasteiger partial charge in [-0.25, -0.2) is 8.91 Å². The minimum absolute atomic E-state index is 0.116. The topological polar surface area (TPSA) is 65.1 Å². The van der Waals surface area contributed by atoms with Crippen LogP contribution in [0.2, 0.25) is 0 Å². The van der Waals surface area contributed by atoms with Gasteiger partial charge in [-0.3, -0.25) is 4.79 Å². The van der Waals surface area contributed by atoms with Crippen molar-refractivity contribution in [3.05, 3.63) is 58.4 Å². The van der Waals surface area contributed by atoms with Crippen LogP contribution in [0.5, 0.6) is 0 Å². The lowest BCUT2D eigenvalue weighted by Gasteiger charge is -2.35. The van der Waals surface area contributed by atoms with E-state index in [-0.39, 0.29) is 17.4 Å². The first-order valence-corrected chi connectivity index (χ1v) is 11.0. The third kappa shape index (κ3) is 3.14. The van der Waals surface area contributed by atoms with Gasteiger partial charge < -0.3 is 4.57 Å². The van der Waals surface area contributed by atoms with Gasteiger partial charge in [0.05, 0.1) is 11.3 Å². The number of hydrogen-bond donors (Lipinski definition) is 0. The second-order valence-electron chi connectivity index (χ2n) is 8.71. The fourth-order valence-electron chi connectivity index (χ4n) is 4.97. The molecule has 1 aliphatic rings. The van der Waals surface area contributed by atoms with Crippen molar-refractivity contribution in [3.8, 4) is 11.1 Å². The highest BCUT2D eigenvalue weighted by Crippen LogP contribution is 2.37. The molecule has 0 spiro atoms. The Hall–Kier alpha value is -3.09. The van der Waals surface area contributed by atoms with Gasteiger partial charge in [-0.05, 0) is 48.4 Å². The zero-order chi connectivity index (χ0) is 21.7. The van der Waals surface area contributed by atoms with Crippen LogP contribution >= 0.6 is 0 Å². The molecule has 4 aromatic rings. The van der Waals surface area contributed by atoms with Crippen molar-refractivity contribution in [2.75, 3.05) is 0 Å². The van der Waals surface area contributed by atoms with E-state index in [0.717, 1.165) is 29.7 Å². The van der Waals surface area contributed by atoms with Crippen LogP contribution in [0, 0.1) is 17.7 Å². The summed E-state index contributed by atoms with van der Waals surface area (Å²) in [6.07, 6.45) is 5.91. The molecule has 1 fully saturated rings. The lowest BCUT2D eigenvalue weighted by Crippen LogP contribution is -2.34. The van der Waals surface area contributed by atoms with E-state index in [0.29, 0.717) is 34.9 Å². The Balaban J connectivity index is 1.70. The quantitative estimate of drug-likeness (QED) is 0.478. The monoisotopic (exact) mass is 419 g/mol. The number of aryl methyl sites for hydroxylation is 1. The molecule has 5 rings (SSSR count). The maximum absolute atomic E-state index is 13.4. The van der Waals surface area contributed by atoms with Crippen LogP contribution in [0.3, 0.4) is 0 Å². The Morgan fingerprint density at radius 2 is 1.87 bits per heavy atom. The highest BCUT2D eigenvalue weighted by atomic mass is 19.1. The molecule has 3 unspecified atom stereocenters. The van der Waals surface area contributed by atoms with Gasteiger partial charge in [0.2, 0.25) is 0 Å². The molecule has 0 amide bonds. The van der Waals surface area contributed by atoms with Crippen molar-refractivity contribution in [1.82, 2.24) is 24.4 Å². The van der Waals surface area contributed by atoms with Crippen LogP contribution in [-0.2, 0) is 6.42 Å². The van der Waals surface area contributed by atoms with Gasteiger partial charge in [-0.1, -0.05) is 45.7 Å². The predicted octanol–water partition coefficient (Wildman–Crippen LogP) is 4.80. The fourth-order valence-corrected chi connectivity index (χ4v) is 4.97. The van der Waals surface area contributed by atoms with Crippen LogP contribution in [-0.4, -0.2) is 24.4 Å². The molecule has 0 aliphatic heterocycles. The van der Waals surface area contributed by atoms with Gasteiger partial charge >= 0.3 is 0 Å². The Kier molecular flexibility index (Phi) is 4.84. The van der Waals surface area contributed by atoms with E-state index < -0.39 is 0 Å². The molecule has 1 saturated carbocycles. The van der Waals surface area contributed by atoms with Gasteiger partial charge in [0.25, 0.3) is 5.56 Å². The van der Waals surface area contributed by atoms with Gasteiger partial charge in [0.1, 0.15) is 11.3 Å². The van der Waals surface area contributed by atoms with Crippen molar-refractivity contribution >= 4 is 16.7 Å². The maximum atomic E-state index is 13.4. The van der Waals surface area contributed by atoms with Crippen LogP contribution in [0.25, 0.3) is 27.8 Å². The van der Waals surface area contributed by atoms with E-state index in [1.54, 1.807) is 16.6 Å². The molecular weight excluding hydrogens is 393 g/mol. The minimum atomic E-state index is -0.290. The van der Waals surface area contributed by atoms with Crippen LogP contribution < -0.4 is 5.56 Å². The molecule has 3 aromatic heterocycles. The van der Waals surface area contributed by atoms with E-state index in [1.807, 2.05) is 23.8 Å². The fraction of sp³-hybridized carbons (Fsp3) is 0.417. The van der Waals surface area contributed by atoms with E-state index in [4.69, 9.17) is 5.10 Å². The zero-order valence-corrected chi connectivity index (χ0v) is 18.0. The minimum Gasteiger partial charge on any atom is -0.310 e. The van der Waals surface area contributed by atoms with Gasteiger partial charge in [-0.15, -0.1) is 10.2 Å². The largest absolute Gasteiger partial charge is 0.310 e. The predicted molar refractivity (Wildman–Crippen MR) is 119 cm³/mol. The molecule has 31 heavy (non-hydrogen) atoms. The van der Waals surface area contributed by atoms with Crippen molar-refractivity contribution in [2.45, 2.75) is 52.5 Å². The van der Waals surface area contributed by atoms with Crippen molar-refractivity contribution < 1.29 is 4.39 Å². The molecule has 1 aliphatic carbocycles. The van der Waals surface area contributed by atoms with Crippen molar-refractivity contribution in [2.24, 2.45) is 11.8 Å². The lowest BCUT2D eigenvalue weighted by atomic mass is 9.78. The Bertz CT molecular complexity index is 1320. The summed E-state index contributed by atoms with van der Waals surface area (Å²) < 4.78 is 17.0. The van der Waals surface area contributed by atoms with Crippen molar-refractivity contribution in [1.29, 1.82) is 0 Å². The third-order valence-corrected chi connectivity index (χ3v) is 6.97. The average Bonchev–Trinajstić information content (AvgIpc) is 3.16. The summed E-state index contributed by atoms with van der Waals surface area (Å²) in [4.78, 5) is 13.4. The summed E-state index contributed by atoms with van der Waals surface area (Å²) in [7, 11) is 0. The second kappa shape index (κ2) is 7.55. The molecule has 1 aromatic carbocycles. The Labute approximate surface area is 179 Å². The highest BCUT2D eigenvalue weighted by Gasteiger charge is 2.29. The lowest BCUT2D eigenvalue weighted by molar-refractivity contribution is 0.183. The highest BCUT2D eigenvalue weighted by molar-refractivity contribution is 5.84. The number of aromatic nitrogens is 5. The molecule has 160 valence electrons. The normalized spacial score (nSPS) is 21.7. The molecule has 3 atom stereocenters.